The fraction of sp³-hybridized carbons (Fsp3) is 0.0769. The number of benzene rings is 1. The molecule has 0 unspecified atom stereocenters. The van der Waals surface area contributed by atoms with Gasteiger partial charge in [-0.1, -0.05) is 15.9 Å². The van der Waals surface area contributed by atoms with Crippen LogP contribution in [0.15, 0.2) is 41.0 Å². The summed E-state index contributed by atoms with van der Waals surface area (Å²) in [5.41, 5.74) is 3.41. The SMILES string of the molecule is COc1ccc(Br)cc1NC(=O)c1ccnc(NN)c1. The Morgan fingerprint density at radius 2 is 2.15 bits per heavy atom. The standard InChI is InChI=1S/C13H13BrN4O2/c1-20-11-3-2-9(14)7-10(11)17-13(19)8-4-5-16-12(6-8)18-15/h2-7H,15H2,1H3,(H,16,18)(H,17,19). The summed E-state index contributed by atoms with van der Waals surface area (Å²) in [6, 6.07) is 8.51. The normalized spacial score (nSPS) is 9.95. The van der Waals surface area contributed by atoms with Gasteiger partial charge in [-0.25, -0.2) is 10.8 Å². The fourth-order valence-corrected chi connectivity index (χ4v) is 1.98. The van der Waals surface area contributed by atoms with E-state index in [1.165, 1.54) is 6.20 Å². The average molecular weight is 337 g/mol. The van der Waals surface area contributed by atoms with Gasteiger partial charge in [0.05, 0.1) is 12.8 Å². The molecule has 0 spiro atoms. The monoisotopic (exact) mass is 336 g/mol. The molecule has 7 heteroatoms. The predicted octanol–water partition coefficient (Wildman–Crippen LogP) is 2.39. The van der Waals surface area contributed by atoms with E-state index < -0.39 is 0 Å². The molecular weight excluding hydrogens is 324 g/mol. The summed E-state index contributed by atoms with van der Waals surface area (Å²) in [6.07, 6.45) is 1.50. The van der Waals surface area contributed by atoms with E-state index in [1.54, 1.807) is 31.4 Å². The Balaban J connectivity index is 2.25. The van der Waals surface area contributed by atoms with Crippen molar-refractivity contribution in [3.05, 3.63) is 46.6 Å². The number of nitrogens with zero attached hydrogens (tertiary/aromatic N) is 1. The molecular formula is C13H13BrN4O2. The maximum atomic E-state index is 12.2. The molecule has 0 aliphatic carbocycles. The molecule has 2 rings (SSSR count). The molecule has 0 aliphatic rings. The lowest BCUT2D eigenvalue weighted by Gasteiger charge is -2.11. The average Bonchev–Trinajstić information content (AvgIpc) is 2.47. The molecule has 2 aromatic rings. The van der Waals surface area contributed by atoms with E-state index in [0.717, 1.165) is 4.47 Å². The van der Waals surface area contributed by atoms with E-state index in [-0.39, 0.29) is 5.91 Å². The second kappa shape index (κ2) is 6.36. The quantitative estimate of drug-likeness (QED) is 0.589. The smallest absolute Gasteiger partial charge is 0.255 e. The molecule has 0 saturated heterocycles. The molecule has 4 N–H and O–H groups in total. The van der Waals surface area contributed by atoms with E-state index >= 15 is 0 Å². The van der Waals surface area contributed by atoms with Crippen molar-refractivity contribution in [2.45, 2.75) is 0 Å². The molecule has 0 bridgehead atoms. The van der Waals surface area contributed by atoms with Crippen molar-refractivity contribution in [2.24, 2.45) is 5.84 Å². The van der Waals surface area contributed by atoms with Gasteiger partial charge in [0.2, 0.25) is 0 Å². The van der Waals surface area contributed by atoms with Crippen molar-refractivity contribution in [2.75, 3.05) is 17.9 Å². The van der Waals surface area contributed by atoms with Gasteiger partial charge in [0, 0.05) is 16.2 Å². The lowest BCUT2D eigenvalue weighted by Crippen LogP contribution is -2.14. The van der Waals surface area contributed by atoms with Crippen LogP contribution >= 0.6 is 15.9 Å². The number of rotatable bonds is 4. The van der Waals surface area contributed by atoms with Crippen LogP contribution in [0.5, 0.6) is 5.75 Å². The number of hydrogen-bond donors (Lipinski definition) is 3. The number of pyridine rings is 1. The number of nitrogens with two attached hydrogens (primary N) is 1. The van der Waals surface area contributed by atoms with Crippen molar-refractivity contribution in [1.82, 2.24) is 4.98 Å². The molecule has 20 heavy (non-hydrogen) atoms. The summed E-state index contributed by atoms with van der Waals surface area (Å²) >= 11 is 3.35. The first-order valence-electron chi connectivity index (χ1n) is 5.71. The van der Waals surface area contributed by atoms with E-state index in [4.69, 9.17) is 10.6 Å². The van der Waals surface area contributed by atoms with E-state index in [0.29, 0.717) is 22.8 Å². The fourth-order valence-electron chi connectivity index (χ4n) is 1.62. The minimum atomic E-state index is -0.277. The number of carbonyl (C=O) groups is 1. The largest absolute Gasteiger partial charge is 0.495 e. The molecule has 0 radical (unpaired) electrons. The Morgan fingerprint density at radius 3 is 2.85 bits per heavy atom. The van der Waals surface area contributed by atoms with Gasteiger partial charge in [0.1, 0.15) is 11.6 Å². The topological polar surface area (TPSA) is 89.3 Å². The predicted molar refractivity (Wildman–Crippen MR) is 80.7 cm³/mol. The second-order valence-corrected chi connectivity index (χ2v) is 4.79. The molecule has 0 aliphatic heterocycles. The van der Waals surface area contributed by atoms with Crippen LogP contribution in [-0.2, 0) is 0 Å². The highest BCUT2D eigenvalue weighted by atomic mass is 79.9. The summed E-state index contributed by atoms with van der Waals surface area (Å²) in [5.74, 6) is 5.98. The van der Waals surface area contributed by atoms with Crippen molar-refractivity contribution in [3.63, 3.8) is 0 Å². The van der Waals surface area contributed by atoms with Crippen LogP contribution in [0.4, 0.5) is 11.5 Å². The van der Waals surface area contributed by atoms with Gasteiger partial charge in [-0.2, -0.15) is 0 Å². The van der Waals surface area contributed by atoms with Crippen LogP contribution in [0, 0.1) is 0 Å². The van der Waals surface area contributed by atoms with Crippen LogP contribution in [0.25, 0.3) is 0 Å². The third kappa shape index (κ3) is 3.25. The number of nitrogens with one attached hydrogen (secondary N) is 2. The summed E-state index contributed by atoms with van der Waals surface area (Å²) in [5, 5.41) is 2.78. The van der Waals surface area contributed by atoms with Crippen LogP contribution < -0.4 is 21.3 Å². The summed E-state index contributed by atoms with van der Waals surface area (Å²) in [6.45, 7) is 0. The summed E-state index contributed by atoms with van der Waals surface area (Å²) < 4.78 is 6.04. The van der Waals surface area contributed by atoms with Crippen LogP contribution in [0.3, 0.4) is 0 Å². The highest BCUT2D eigenvalue weighted by Gasteiger charge is 2.11. The molecule has 1 heterocycles. The number of carbonyl (C=O) groups excluding carboxylic acids is 1. The van der Waals surface area contributed by atoms with E-state index in [1.807, 2.05) is 6.07 Å². The number of methoxy groups -OCH3 is 1. The van der Waals surface area contributed by atoms with Gasteiger partial charge >= 0.3 is 0 Å². The van der Waals surface area contributed by atoms with Crippen molar-refractivity contribution in [1.29, 1.82) is 0 Å². The van der Waals surface area contributed by atoms with Gasteiger partial charge < -0.3 is 15.5 Å². The number of hydrogen-bond acceptors (Lipinski definition) is 5. The van der Waals surface area contributed by atoms with Gasteiger partial charge in [0.25, 0.3) is 5.91 Å². The van der Waals surface area contributed by atoms with Gasteiger partial charge in [0.15, 0.2) is 0 Å². The Morgan fingerprint density at radius 1 is 1.35 bits per heavy atom. The lowest BCUT2D eigenvalue weighted by atomic mass is 10.2. The molecule has 0 atom stereocenters. The first-order valence-corrected chi connectivity index (χ1v) is 6.51. The number of aromatic nitrogens is 1. The molecule has 0 fully saturated rings. The van der Waals surface area contributed by atoms with Gasteiger partial charge in [-0.15, -0.1) is 0 Å². The van der Waals surface area contributed by atoms with Crippen molar-refractivity contribution >= 4 is 33.3 Å². The number of nitrogen functional groups attached to an aromatic ring is 1. The third-order valence-electron chi connectivity index (χ3n) is 2.58. The molecule has 1 aromatic carbocycles. The number of amides is 1. The minimum Gasteiger partial charge on any atom is -0.495 e. The van der Waals surface area contributed by atoms with Crippen molar-refractivity contribution in [3.8, 4) is 5.75 Å². The Bertz CT molecular complexity index is 634. The maximum Gasteiger partial charge on any atom is 0.255 e. The third-order valence-corrected chi connectivity index (χ3v) is 3.07. The summed E-state index contributed by atoms with van der Waals surface area (Å²) in [4.78, 5) is 16.1. The van der Waals surface area contributed by atoms with E-state index in [9.17, 15) is 4.79 Å². The van der Waals surface area contributed by atoms with Crippen LogP contribution in [0.1, 0.15) is 10.4 Å². The minimum absolute atomic E-state index is 0.277. The van der Waals surface area contributed by atoms with Gasteiger partial charge in [-0.3, -0.25) is 4.79 Å². The molecule has 104 valence electrons. The number of ether oxygens (including phenoxy) is 1. The second-order valence-electron chi connectivity index (χ2n) is 3.87. The zero-order valence-corrected chi connectivity index (χ0v) is 12.3. The number of halogens is 1. The summed E-state index contributed by atoms with van der Waals surface area (Å²) in [7, 11) is 1.54. The van der Waals surface area contributed by atoms with Crippen LogP contribution in [-0.4, -0.2) is 18.0 Å². The van der Waals surface area contributed by atoms with Crippen LogP contribution in [0.2, 0.25) is 0 Å². The number of anilines is 2. The van der Waals surface area contributed by atoms with E-state index in [2.05, 4.69) is 31.7 Å². The highest BCUT2D eigenvalue weighted by Crippen LogP contribution is 2.28. The molecule has 1 aromatic heterocycles. The highest BCUT2D eigenvalue weighted by molar-refractivity contribution is 9.10. The maximum absolute atomic E-state index is 12.2. The number of hydrazine groups is 1. The zero-order valence-electron chi connectivity index (χ0n) is 10.7. The van der Waals surface area contributed by atoms with Gasteiger partial charge in [-0.05, 0) is 30.3 Å². The van der Waals surface area contributed by atoms with Crippen molar-refractivity contribution < 1.29 is 9.53 Å². The molecule has 6 nitrogen and oxygen atoms in total. The first-order chi connectivity index (χ1) is 9.63. The lowest BCUT2D eigenvalue weighted by molar-refractivity contribution is 0.102. The Hall–Kier alpha value is -2.12. The first kappa shape index (κ1) is 14.3. The Labute approximate surface area is 124 Å². The Kier molecular flexibility index (Phi) is 4.54. The zero-order chi connectivity index (χ0) is 14.5. The molecule has 0 saturated carbocycles. The molecule has 1 amide bonds.